The lowest BCUT2D eigenvalue weighted by Crippen LogP contribution is -2.26. The number of carbonyl (C=O) groups is 1. The molecule has 1 N–H and O–H groups in total. The first-order valence-corrected chi connectivity index (χ1v) is 10.9. The fourth-order valence-electron chi connectivity index (χ4n) is 2.64. The molecular weight excluding hydrogens is 362 g/mol. The standard InChI is InChI=1S/C21H27NO4S/c1-4-13-22-15-20(18-9-11-19(12-10-18)27(3,24)25)26-21(23)14-17-7-5-16(2)6-8-17/h5-12,20,22H,4,13-15H2,1-3H3. The highest BCUT2D eigenvalue weighted by Gasteiger charge is 2.18. The summed E-state index contributed by atoms with van der Waals surface area (Å²) in [5, 5.41) is 3.26. The molecule has 1 atom stereocenters. The first-order valence-electron chi connectivity index (χ1n) is 9.05. The van der Waals surface area contributed by atoms with Crippen molar-refractivity contribution in [1.82, 2.24) is 5.32 Å². The molecule has 0 aliphatic heterocycles. The van der Waals surface area contributed by atoms with E-state index in [0.29, 0.717) is 6.54 Å². The van der Waals surface area contributed by atoms with Crippen LogP contribution in [0.15, 0.2) is 53.4 Å². The Morgan fingerprint density at radius 1 is 1.07 bits per heavy atom. The minimum Gasteiger partial charge on any atom is -0.456 e. The number of hydrogen-bond donors (Lipinski definition) is 1. The van der Waals surface area contributed by atoms with Crippen LogP contribution in [0.1, 0.15) is 36.1 Å². The minimum absolute atomic E-state index is 0.200. The van der Waals surface area contributed by atoms with E-state index in [1.54, 1.807) is 24.3 Å². The highest BCUT2D eigenvalue weighted by Crippen LogP contribution is 2.20. The van der Waals surface area contributed by atoms with Gasteiger partial charge in [0, 0.05) is 12.8 Å². The van der Waals surface area contributed by atoms with Gasteiger partial charge in [0.15, 0.2) is 9.84 Å². The first-order chi connectivity index (χ1) is 12.8. The van der Waals surface area contributed by atoms with Gasteiger partial charge < -0.3 is 10.1 Å². The van der Waals surface area contributed by atoms with Crippen molar-refractivity contribution in [3.05, 3.63) is 65.2 Å². The molecule has 0 amide bonds. The van der Waals surface area contributed by atoms with E-state index in [1.165, 1.54) is 6.26 Å². The highest BCUT2D eigenvalue weighted by molar-refractivity contribution is 7.90. The Hall–Kier alpha value is -2.18. The van der Waals surface area contributed by atoms with Crippen molar-refractivity contribution in [2.45, 2.75) is 37.7 Å². The average Bonchev–Trinajstić information content (AvgIpc) is 2.62. The van der Waals surface area contributed by atoms with Gasteiger partial charge in [0.2, 0.25) is 0 Å². The number of ether oxygens (including phenoxy) is 1. The van der Waals surface area contributed by atoms with Crippen LogP contribution >= 0.6 is 0 Å². The molecule has 27 heavy (non-hydrogen) atoms. The predicted octanol–water partition coefficient (Wildman–Crippen LogP) is 3.23. The largest absolute Gasteiger partial charge is 0.456 e. The number of esters is 1. The van der Waals surface area contributed by atoms with Gasteiger partial charge in [-0.25, -0.2) is 8.42 Å². The van der Waals surface area contributed by atoms with Crippen molar-refractivity contribution >= 4 is 15.8 Å². The summed E-state index contributed by atoms with van der Waals surface area (Å²) in [4.78, 5) is 12.6. The van der Waals surface area contributed by atoms with E-state index in [1.807, 2.05) is 31.2 Å². The van der Waals surface area contributed by atoms with Crippen molar-refractivity contribution in [2.24, 2.45) is 0 Å². The Balaban J connectivity index is 2.10. The normalized spacial score (nSPS) is 12.6. The van der Waals surface area contributed by atoms with Crippen molar-refractivity contribution in [1.29, 1.82) is 0 Å². The second-order valence-corrected chi connectivity index (χ2v) is 8.70. The molecule has 0 bridgehead atoms. The van der Waals surface area contributed by atoms with Crippen LogP contribution in [0.2, 0.25) is 0 Å². The van der Waals surface area contributed by atoms with Gasteiger partial charge in [0.1, 0.15) is 6.10 Å². The van der Waals surface area contributed by atoms with Crippen LogP contribution in [0.25, 0.3) is 0 Å². The van der Waals surface area contributed by atoms with Crippen molar-refractivity contribution in [3.8, 4) is 0 Å². The van der Waals surface area contributed by atoms with E-state index in [4.69, 9.17) is 4.74 Å². The van der Waals surface area contributed by atoms with Crippen LogP contribution in [0, 0.1) is 6.92 Å². The molecule has 2 rings (SSSR count). The van der Waals surface area contributed by atoms with Crippen molar-refractivity contribution < 1.29 is 17.9 Å². The van der Waals surface area contributed by atoms with Crippen LogP contribution in [-0.4, -0.2) is 33.7 Å². The molecule has 6 heteroatoms. The zero-order valence-corrected chi connectivity index (χ0v) is 16.9. The summed E-state index contributed by atoms with van der Waals surface area (Å²) < 4.78 is 29.0. The van der Waals surface area contributed by atoms with Crippen LogP contribution in [0.5, 0.6) is 0 Å². The molecule has 2 aromatic rings. The Morgan fingerprint density at radius 3 is 2.26 bits per heavy atom. The van der Waals surface area contributed by atoms with Gasteiger partial charge in [-0.1, -0.05) is 48.9 Å². The number of rotatable bonds is 9. The topological polar surface area (TPSA) is 72.5 Å². The lowest BCUT2D eigenvalue weighted by atomic mass is 10.1. The first kappa shape index (κ1) is 21.1. The number of aryl methyl sites for hydroxylation is 1. The smallest absolute Gasteiger partial charge is 0.310 e. The second-order valence-electron chi connectivity index (χ2n) is 6.69. The van der Waals surface area contributed by atoms with Crippen LogP contribution in [0.3, 0.4) is 0 Å². The predicted molar refractivity (Wildman–Crippen MR) is 106 cm³/mol. The molecule has 0 fully saturated rings. The minimum atomic E-state index is -3.26. The van der Waals surface area contributed by atoms with Gasteiger partial charge >= 0.3 is 5.97 Å². The maximum atomic E-state index is 12.4. The summed E-state index contributed by atoms with van der Waals surface area (Å²) in [6.45, 7) is 5.35. The number of nitrogens with one attached hydrogen (secondary N) is 1. The number of hydrogen-bond acceptors (Lipinski definition) is 5. The summed E-state index contributed by atoms with van der Waals surface area (Å²) in [7, 11) is -3.26. The lowest BCUT2D eigenvalue weighted by molar-refractivity contribution is -0.148. The van der Waals surface area contributed by atoms with E-state index < -0.39 is 15.9 Å². The monoisotopic (exact) mass is 389 g/mol. The van der Waals surface area contributed by atoms with Gasteiger partial charge in [-0.2, -0.15) is 0 Å². The fraction of sp³-hybridized carbons (Fsp3) is 0.381. The van der Waals surface area contributed by atoms with Crippen LogP contribution in [0.4, 0.5) is 0 Å². The third kappa shape index (κ3) is 6.81. The summed E-state index contributed by atoms with van der Waals surface area (Å²) in [5.74, 6) is -0.311. The summed E-state index contributed by atoms with van der Waals surface area (Å²) >= 11 is 0. The number of benzene rings is 2. The van der Waals surface area contributed by atoms with Crippen molar-refractivity contribution in [3.63, 3.8) is 0 Å². The van der Waals surface area contributed by atoms with Gasteiger partial charge in [-0.15, -0.1) is 0 Å². The maximum absolute atomic E-state index is 12.4. The van der Waals surface area contributed by atoms with E-state index in [0.717, 1.165) is 29.7 Å². The molecule has 0 aliphatic carbocycles. The van der Waals surface area contributed by atoms with E-state index in [-0.39, 0.29) is 17.3 Å². The molecule has 0 saturated carbocycles. The van der Waals surface area contributed by atoms with Gasteiger partial charge in [-0.3, -0.25) is 4.79 Å². The zero-order valence-electron chi connectivity index (χ0n) is 16.1. The summed E-state index contributed by atoms with van der Waals surface area (Å²) in [6, 6.07) is 14.3. The van der Waals surface area contributed by atoms with E-state index in [9.17, 15) is 13.2 Å². The molecule has 2 aromatic carbocycles. The Kier molecular flexibility index (Phi) is 7.56. The molecule has 0 radical (unpaired) electrons. The molecule has 0 aliphatic rings. The van der Waals surface area contributed by atoms with Gasteiger partial charge in [0.25, 0.3) is 0 Å². The quantitative estimate of drug-likeness (QED) is 0.527. The summed E-state index contributed by atoms with van der Waals surface area (Å²) in [5.41, 5.74) is 2.81. The van der Waals surface area contributed by atoms with Gasteiger partial charge in [0.05, 0.1) is 11.3 Å². The van der Waals surface area contributed by atoms with Gasteiger partial charge in [-0.05, 0) is 43.1 Å². The molecule has 0 heterocycles. The molecule has 0 spiro atoms. The molecule has 146 valence electrons. The average molecular weight is 390 g/mol. The molecular formula is C21H27NO4S. The molecule has 5 nitrogen and oxygen atoms in total. The Morgan fingerprint density at radius 2 is 1.70 bits per heavy atom. The van der Waals surface area contributed by atoms with E-state index in [2.05, 4.69) is 12.2 Å². The third-order valence-electron chi connectivity index (χ3n) is 4.18. The van der Waals surface area contributed by atoms with Crippen molar-refractivity contribution in [2.75, 3.05) is 19.3 Å². The molecule has 0 saturated heterocycles. The number of sulfone groups is 1. The highest BCUT2D eigenvalue weighted by atomic mass is 32.2. The SMILES string of the molecule is CCCNCC(OC(=O)Cc1ccc(C)cc1)c1ccc(S(C)(=O)=O)cc1. The molecule has 1 unspecified atom stereocenters. The lowest BCUT2D eigenvalue weighted by Gasteiger charge is -2.19. The number of carbonyl (C=O) groups excluding carboxylic acids is 1. The second kappa shape index (κ2) is 9.67. The van der Waals surface area contributed by atoms with Crippen LogP contribution < -0.4 is 5.32 Å². The van der Waals surface area contributed by atoms with E-state index >= 15 is 0 Å². The fourth-order valence-corrected chi connectivity index (χ4v) is 3.27. The van der Waals surface area contributed by atoms with Crippen LogP contribution in [-0.2, 0) is 25.8 Å². The molecule has 0 aromatic heterocycles. The zero-order chi connectivity index (χ0) is 19.9. The Labute approximate surface area is 161 Å². The summed E-state index contributed by atoms with van der Waals surface area (Å²) in [6.07, 6.45) is 1.87. The Bertz CT molecular complexity index is 843. The third-order valence-corrected chi connectivity index (χ3v) is 5.31. The maximum Gasteiger partial charge on any atom is 0.310 e.